The molecule has 1 aromatic heterocycles. The fourth-order valence-electron chi connectivity index (χ4n) is 1.79. The van der Waals surface area contributed by atoms with Crippen LogP contribution >= 0.6 is 0 Å². The zero-order chi connectivity index (χ0) is 8.77. The van der Waals surface area contributed by atoms with E-state index in [-0.39, 0.29) is 11.5 Å². The summed E-state index contributed by atoms with van der Waals surface area (Å²) in [5.74, 6) is 0.443. The highest BCUT2D eigenvalue weighted by Gasteiger charge is 2.56. The van der Waals surface area contributed by atoms with Crippen molar-refractivity contribution in [1.82, 2.24) is 9.97 Å². The molecule has 2 rings (SSSR count). The van der Waals surface area contributed by atoms with Crippen molar-refractivity contribution in [3.05, 3.63) is 24.3 Å². The van der Waals surface area contributed by atoms with Crippen molar-refractivity contribution in [2.24, 2.45) is 11.1 Å². The number of hydrogen-bond donors (Lipinski definition) is 1. The van der Waals surface area contributed by atoms with Gasteiger partial charge in [-0.25, -0.2) is 9.97 Å². The molecule has 0 saturated heterocycles. The summed E-state index contributed by atoms with van der Waals surface area (Å²) in [5, 5.41) is 0. The Bertz CT molecular complexity index is 281. The molecule has 0 amide bonds. The summed E-state index contributed by atoms with van der Waals surface area (Å²) in [4.78, 5) is 7.96. The van der Waals surface area contributed by atoms with Crippen LogP contribution in [0.3, 0.4) is 0 Å². The lowest BCUT2D eigenvalue weighted by atomic mass is 10.1. The highest BCUT2D eigenvalue weighted by molar-refractivity contribution is 5.30. The van der Waals surface area contributed by atoms with Gasteiger partial charge in [0, 0.05) is 24.4 Å². The number of hydrogen-bond acceptors (Lipinski definition) is 3. The maximum Gasteiger partial charge on any atom is 0.115 e. The van der Waals surface area contributed by atoms with E-state index >= 15 is 0 Å². The van der Waals surface area contributed by atoms with E-state index in [1.807, 2.05) is 12.4 Å². The van der Waals surface area contributed by atoms with Gasteiger partial charge in [-0.1, -0.05) is 13.8 Å². The Morgan fingerprint density at radius 2 is 1.83 bits per heavy atom. The average molecular weight is 163 g/mol. The van der Waals surface area contributed by atoms with Crippen LogP contribution in [0.5, 0.6) is 0 Å². The largest absolute Gasteiger partial charge is 0.327 e. The first-order valence-corrected chi connectivity index (χ1v) is 4.14. The van der Waals surface area contributed by atoms with Gasteiger partial charge in [-0.05, 0) is 11.0 Å². The summed E-state index contributed by atoms with van der Waals surface area (Å²) < 4.78 is 0. The number of nitrogens with zero attached hydrogens (tertiary/aromatic N) is 2. The Morgan fingerprint density at radius 1 is 1.33 bits per heavy atom. The van der Waals surface area contributed by atoms with Gasteiger partial charge >= 0.3 is 0 Å². The third-order valence-electron chi connectivity index (χ3n) is 2.85. The van der Waals surface area contributed by atoms with Crippen molar-refractivity contribution in [3.8, 4) is 0 Å². The normalized spacial score (nSPS) is 31.6. The number of nitrogens with two attached hydrogens (primary N) is 1. The highest BCUT2D eigenvalue weighted by Crippen LogP contribution is 2.56. The first kappa shape index (κ1) is 7.68. The molecule has 1 aliphatic carbocycles. The van der Waals surface area contributed by atoms with Crippen molar-refractivity contribution in [1.29, 1.82) is 0 Å². The van der Waals surface area contributed by atoms with Crippen molar-refractivity contribution in [3.63, 3.8) is 0 Å². The summed E-state index contributed by atoms with van der Waals surface area (Å²) in [7, 11) is 0. The molecule has 0 radical (unpaired) electrons. The second kappa shape index (κ2) is 2.26. The molecule has 0 spiro atoms. The van der Waals surface area contributed by atoms with Gasteiger partial charge < -0.3 is 5.73 Å². The van der Waals surface area contributed by atoms with E-state index in [1.165, 1.54) is 0 Å². The van der Waals surface area contributed by atoms with Crippen LogP contribution in [0, 0.1) is 5.41 Å². The van der Waals surface area contributed by atoms with Crippen LogP contribution in [-0.4, -0.2) is 16.0 Å². The van der Waals surface area contributed by atoms with Crippen molar-refractivity contribution < 1.29 is 0 Å². The Morgan fingerprint density at radius 3 is 2.25 bits per heavy atom. The molecule has 1 heterocycles. The van der Waals surface area contributed by atoms with E-state index in [0.717, 1.165) is 5.56 Å². The first-order chi connectivity index (χ1) is 5.64. The molecule has 2 atom stereocenters. The lowest BCUT2D eigenvalue weighted by molar-refractivity contribution is 0.598. The molecule has 3 heteroatoms. The molecule has 1 aromatic rings. The molecule has 0 unspecified atom stereocenters. The third kappa shape index (κ3) is 0.932. The van der Waals surface area contributed by atoms with Gasteiger partial charge in [0.1, 0.15) is 6.33 Å². The number of aromatic nitrogens is 2. The number of rotatable bonds is 1. The Labute approximate surface area is 72.0 Å². The molecule has 1 saturated carbocycles. The molecule has 12 heavy (non-hydrogen) atoms. The van der Waals surface area contributed by atoms with E-state index in [9.17, 15) is 0 Å². The van der Waals surface area contributed by atoms with Gasteiger partial charge in [0.25, 0.3) is 0 Å². The molecular weight excluding hydrogens is 150 g/mol. The average Bonchev–Trinajstić information content (AvgIpc) is 2.53. The Hall–Kier alpha value is -0.960. The topological polar surface area (TPSA) is 51.8 Å². The maximum atomic E-state index is 5.92. The lowest BCUT2D eigenvalue weighted by Gasteiger charge is -1.99. The summed E-state index contributed by atoms with van der Waals surface area (Å²) in [6.07, 6.45) is 5.25. The Kier molecular flexibility index (Phi) is 1.45. The fourth-order valence-corrected chi connectivity index (χ4v) is 1.79. The highest BCUT2D eigenvalue weighted by atomic mass is 14.9. The van der Waals surface area contributed by atoms with Crippen LogP contribution in [0.2, 0.25) is 0 Å². The molecule has 1 fully saturated rings. The monoisotopic (exact) mass is 163 g/mol. The van der Waals surface area contributed by atoms with Crippen LogP contribution < -0.4 is 5.73 Å². The van der Waals surface area contributed by atoms with E-state index in [0.29, 0.717) is 5.92 Å². The molecule has 0 aliphatic heterocycles. The zero-order valence-corrected chi connectivity index (χ0v) is 7.36. The van der Waals surface area contributed by atoms with Crippen LogP contribution in [-0.2, 0) is 0 Å². The van der Waals surface area contributed by atoms with Crippen LogP contribution in [0.1, 0.15) is 25.3 Å². The predicted molar refractivity (Wildman–Crippen MR) is 46.5 cm³/mol. The summed E-state index contributed by atoms with van der Waals surface area (Å²) in [6.45, 7) is 4.35. The molecule has 64 valence electrons. The minimum atomic E-state index is 0.227. The molecule has 2 N–H and O–H groups in total. The zero-order valence-electron chi connectivity index (χ0n) is 7.36. The maximum absolute atomic E-state index is 5.92. The van der Waals surface area contributed by atoms with E-state index in [1.54, 1.807) is 6.33 Å². The van der Waals surface area contributed by atoms with Gasteiger partial charge in [-0.3, -0.25) is 0 Å². The molecule has 3 nitrogen and oxygen atoms in total. The fraction of sp³-hybridized carbons (Fsp3) is 0.556. The summed E-state index contributed by atoms with van der Waals surface area (Å²) in [5.41, 5.74) is 7.31. The summed E-state index contributed by atoms with van der Waals surface area (Å²) >= 11 is 0. The van der Waals surface area contributed by atoms with Crippen LogP contribution in [0.25, 0.3) is 0 Å². The standard InChI is InChI=1S/C9H13N3/c1-9(2)7(8(9)10)6-3-11-5-12-4-6/h3-5,7-8H,10H2,1-2H3/t7-,8-/m0/s1. The first-order valence-electron chi connectivity index (χ1n) is 4.14. The molecule has 0 aromatic carbocycles. The van der Waals surface area contributed by atoms with Crippen molar-refractivity contribution >= 4 is 0 Å². The third-order valence-corrected chi connectivity index (χ3v) is 2.85. The minimum Gasteiger partial charge on any atom is -0.327 e. The quantitative estimate of drug-likeness (QED) is 0.670. The second-order valence-electron chi connectivity index (χ2n) is 4.00. The van der Waals surface area contributed by atoms with Crippen LogP contribution in [0.4, 0.5) is 0 Å². The van der Waals surface area contributed by atoms with Gasteiger partial charge in [-0.2, -0.15) is 0 Å². The smallest absolute Gasteiger partial charge is 0.115 e. The lowest BCUT2D eigenvalue weighted by Crippen LogP contribution is -2.06. The Balaban J connectivity index is 2.25. The van der Waals surface area contributed by atoms with Gasteiger partial charge in [0.15, 0.2) is 0 Å². The second-order valence-corrected chi connectivity index (χ2v) is 4.00. The van der Waals surface area contributed by atoms with Crippen molar-refractivity contribution in [2.75, 3.05) is 0 Å². The van der Waals surface area contributed by atoms with E-state index < -0.39 is 0 Å². The van der Waals surface area contributed by atoms with E-state index in [2.05, 4.69) is 23.8 Å². The van der Waals surface area contributed by atoms with Crippen molar-refractivity contribution in [2.45, 2.75) is 25.8 Å². The van der Waals surface area contributed by atoms with Gasteiger partial charge in [-0.15, -0.1) is 0 Å². The minimum absolute atomic E-state index is 0.227. The molecular formula is C9H13N3. The van der Waals surface area contributed by atoms with Gasteiger partial charge in [0.2, 0.25) is 0 Å². The van der Waals surface area contributed by atoms with E-state index in [4.69, 9.17) is 5.73 Å². The molecule has 0 bridgehead atoms. The SMILES string of the molecule is CC1(C)[C@@H](N)[C@@H]1c1cncnc1. The van der Waals surface area contributed by atoms with Gasteiger partial charge in [0.05, 0.1) is 0 Å². The van der Waals surface area contributed by atoms with Crippen LogP contribution in [0.15, 0.2) is 18.7 Å². The predicted octanol–water partition coefficient (Wildman–Crippen LogP) is 0.927. The summed E-state index contributed by atoms with van der Waals surface area (Å²) in [6, 6.07) is 0.267. The molecule has 1 aliphatic rings.